The molecular weight excluding hydrogens is 348 g/mol. The first kappa shape index (κ1) is 12.5. The highest BCUT2D eigenvalue weighted by Crippen LogP contribution is 2.25. The van der Waals surface area contributed by atoms with E-state index in [1.54, 1.807) is 18.6 Å². The van der Waals surface area contributed by atoms with Crippen molar-refractivity contribution < 1.29 is 4.74 Å². The van der Waals surface area contributed by atoms with Crippen LogP contribution in [0.25, 0.3) is 0 Å². The van der Waals surface area contributed by atoms with Crippen molar-refractivity contribution >= 4 is 31.9 Å². The highest BCUT2D eigenvalue weighted by atomic mass is 79.9. The lowest BCUT2D eigenvalue weighted by molar-refractivity contribution is 0.456. The van der Waals surface area contributed by atoms with Crippen LogP contribution in [0.3, 0.4) is 0 Å². The van der Waals surface area contributed by atoms with Crippen LogP contribution in [0.15, 0.2) is 35.2 Å². The number of hydrogen-bond acceptors (Lipinski definition) is 3. The summed E-state index contributed by atoms with van der Waals surface area (Å²) in [5.41, 5.74) is 2.13. The van der Waals surface area contributed by atoms with Gasteiger partial charge in [0.25, 0.3) is 0 Å². The van der Waals surface area contributed by atoms with Gasteiger partial charge >= 0.3 is 0 Å². The van der Waals surface area contributed by atoms with Crippen molar-refractivity contribution in [1.29, 1.82) is 0 Å². The van der Waals surface area contributed by atoms with Crippen LogP contribution >= 0.6 is 31.9 Å². The second-order valence-electron chi connectivity index (χ2n) is 3.54. The first-order valence-electron chi connectivity index (χ1n) is 4.99. The molecule has 0 bridgehead atoms. The third-order valence-electron chi connectivity index (χ3n) is 2.14. The minimum atomic E-state index is 0.606. The van der Waals surface area contributed by atoms with Crippen LogP contribution in [0, 0.1) is 6.92 Å². The molecule has 2 heterocycles. The van der Waals surface area contributed by atoms with Crippen molar-refractivity contribution in [3.63, 3.8) is 0 Å². The molecular formula is C12H10Br2N2O. The molecule has 2 aromatic rings. The SMILES string of the molecule is Cc1cc(CBr)cnc1Oc1cncc(Br)c1. The maximum Gasteiger partial charge on any atom is 0.222 e. The third kappa shape index (κ3) is 3.26. The summed E-state index contributed by atoms with van der Waals surface area (Å²) in [6.45, 7) is 1.97. The van der Waals surface area contributed by atoms with Crippen molar-refractivity contribution in [3.05, 3.63) is 46.3 Å². The number of alkyl halides is 1. The number of rotatable bonds is 3. The van der Waals surface area contributed by atoms with Gasteiger partial charge in [-0.3, -0.25) is 4.98 Å². The Morgan fingerprint density at radius 3 is 2.71 bits per heavy atom. The lowest BCUT2D eigenvalue weighted by Gasteiger charge is -2.08. The van der Waals surface area contributed by atoms with E-state index < -0.39 is 0 Å². The van der Waals surface area contributed by atoms with E-state index in [-0.39, 0.29) is 0 Å². The van der Waals surface area contributed by atoms with E-state index in [2.05, 4.69) is 41.8 Å². The number of aromatic nitrogens is 2. The molecule has 5 heteroatoms. The molecule has 17 heavy (non-hydrogen) atoms. The molecule has 0 saturated carbocycles. The fraction of sp³-hybridized carbons (Fsp3) is 0.167. The zero-order valence-corrected chi connectivity index (χ0v) is 12.3. The Kier molecular flexibility index (Phi) is 4.12. The predicted molar refractivity (Wildman–Crippen MR) is 73.6 cm³/mol. The van der Waals surface area contributed by atoms with Crippen LogP contribution in [0.5, 0.6) is 11.6 Å². The highest BCUT2D eigenvalue weighted by Gasteiger charge is 2.04. The maximum atomic E-state index is 5.67. The zero-order valence-electron chi connectivity index (χ0n) is 9.15. The quantitative estimate of drug-likeness (QED) is 0.771. The second kappa shape index (κ2) is 5.60. The van der Waals surface area contributed by atoms with Gasteiger partial charge in [-0.1, -0.05) is 15.9 Å². The van der Waals surface area contributed by atoms with Gasteiger partial charge in [-0.15, -0.1) is 0 Å². The maximum absolute atomic E-state index is 5.67. The molecule has 0 aliphatic carbocycles. The number of halogens is 2. The Bertz CT molecular complexity index is 532. The van der Waals surface area contributed by atoms with Gasteiger partial charge in [-0.25, -0.2) is 4.98 Å². The fourth-order valence-corrected chi connectivity index (χ4v) is 2.01. The van der Waals surface area contributed by atoms with E-state index in [0.717, 1.165) is 20.9 Å². The second-order valence-corrected chi connectivity index (χ2v) is 5.02. The van der Waals surface area contributed by atoms with Crippen LogP contribution in [0.1, 0.15) is 11.1 Å². The molecule has 0 spiro atoms. The molecule has 0 N–H and O–H groups in total. The van der Waals surface area contributed by atoms with Gasteiger partial charge in [0, 0.05) is 27.8 Å². The zero-order chi connectivity index (χ0) is 12.3. The average Bonchev–Trinajstić information content (AvgIpc) is 2.32. The number of hydrogen-bond donors (Lipinski definition) is 0. The van der Waals surface area contributed by atoms with Crippen molar-refractivity contribution in [1.82, 2.24) is 9.97 Å². The molecule has 0 unspecified atom stereocenters. The number of aryl methyl sites for hydroxylation is 1. The molecule has 0 aromatic carbocycles. The summed E-state index contributed by atoms with van der Waals surface area (Å²) in [6.07, 6.45) is 5.16. The normalized spacial score (nSPS) is 10.3. The van der Waals surface area contributed by atoms with Crippen molar-refractivity contribution in [2.45, 2.75) is 12.3 Å². The standard InChI is InChI=1S/C12H10Br2N2O/c1-8-2-9(4-13)5-16-12(8)17-11-3-10(14)6-15-7-11/h2-3,5-7H,4H2,1H3. The minimum absolute atomic E-state index is 0.606. The van der Waals surface area contributed by atoms with Crippen LogP contribution in [0.4, 0.5) is 0 Å². The lowest BCUT2D eigenvalue weighted by Crippen LogP contribution is -1.93. The van der Waals surface area contributed by atoms with Crippen LogP contribution in [-0.4, -0.2) is 9.97 Å². The minimum Gasteiger partial charge on any atom is -0.437 e. The van der Waals surface area contributed by atoms with E-state index in [1.807, 2.05) is 19.1 Å². The van der Waals surface area contributed by atoms with E-state index in [0.29, 0.717) is 11.6 Å². The van der Waals surface area contributed by atoms with Crippen molar-refractivity contribution in [2.24, 2.45) is 0 Å². The first-order chi connectivity index (χ1) is 8.19. The summed E-state index contributed by atoms with van der Waals surface area (Å²) in [4.78, 5) is 8.32. The summed E-state index contributed by atoms with van der Waals surface area (Å²) in [7, 11) is 0. The third-order valence-corrected chi connectivity index (χ3v) is 3.22. The van der Waals surface area contributed by atoms with Crippen LogP contribution < -0.4 is 4.74 Å². The Hall–Kier alpha value is -0.940. The number of pyridine rings is 2. The van der Waals surface area contributed by atoms with Crippen LogP contribution in [-0.2, 0) is 5.33 Å². The molecule has 88 valence electrons. The monoisotopic (exact) mass is 356 g/mol. The average molecular weight is 358 g/mol. The molecule has 0 saturated heterocycles. The highest BCUT2D eigenvalue weighted by molar-refractivity contribution is 9.10. The first-order valence-corrected chi connectivity index (χ1v) is 6.90. The lowest BCUT2D eigenvalue weighted by atomic mass is 10.2. The van der Waals surface area contributed by atoms with Gasteiger partial charge in [0.1, 0.15) is 5.75 Å². The predicted octanol–water partition coefficient (Wildman–Crippen LogP) is 4.23. The summed E-state index contributed by atoms with van der Waals surface area (Å²) < 4.78 is 6.55. The van der Waals surface area contributed by atoms with Gasteiger partial charge in [0.15, 0.2) is 0 Å². The molecule has 0 fully saturated rings. The molecule has 0 amide bonds. The van der Waals surface area contributed by atoms with E-state index >= 15 is 0 Å². The van der Waals surface area contributed by atoms with Crippen molar-refractivity contribution in [2.75, 3.05) is 0 Å². The Labute approximate surface area is 117 Å². The summed E-state index contributed by atoms with van der Waals surface area (Å²) >= 11 is 6.74. The van der Waals surface area contributed by atoms with Gasteiger partial charge in [0.05, 0.1) is 6.20 Å². The molecule has 0 aliphatic heterocycles. The molecule has 0 radical (unpaired) electrons. The largest absolute Gasteiger partial charge is 0.437 e. The Balaban J connectivity index is 2.24. The fourth-order valence-electron chi connectivity index (χ4n) is 1.36. The Morgan fingerprint density at radius 2 is 2.06 bits per heavy atom. The van der Waals surface area contributed by atoms with Gasteiger partial charge in [-0.2, -0.15) is 0 Å². The smallest absolute Gasteiger partial charge is 0.222 e. The summed E-state index contributed by atoms with van der Waals surface area (Å²) in [6, 6.07) is 3.90. The van der Waals surface area contributed by atoms with E-state index in [4.69, 9.17) is 4.74 Å². The van der Waals surface area contributed by atoms with E-state index in [1.165, 1.54) is 0 Å². The summed E-state index contributed by atoms with van der Waals surface area (Å²) in [5, 5.41) is 0.791. The number of nitrogens with zero attached hydrogens (tertiary/aromatic N) is 2. The Morgan fingerprint density at radius 1 is 1.24 bits per heavy atom. The van der Waals surface area contributed by atoms with Crippen LogP contribution in [0.2, 0.25) is 0 Å². The summed E-state index contributed by atoms with van der Waals surface area (Å²) in [5.74, 6) is 1.27. The molecule has 0 aliphatic rings. The molecule has 3 nitrogen and oxygen atoms in total. The number of ether oxygens (including phenoxy) is 1. The molecule has 2 aromatic heterocycles. The van der Waals surface area contributed by atoms with Gasteiger partial charge in [0.2, 0.25) is 5.88 Å². The van der Waals surface area contributed by atoms with E-state index in [9.17, 15) is 0 Å². The molecule has 2 rings (SSSR count). The van der Waals surface area contributed by atoms with Crippen molar-refractivity contribution in [3.8, 4) is 11.6 Å². The topological polar surface area (TPSA) is 35.0 Å². The molecule has 0 atom stereocenters. The van der Waals surface area contributed by atoms with Gasteiger partial charge < -0.3 is 4.74 Å². The van der Waals surface area contributed by atoms with Gasteiger partial charge in [-0.05, 0) is 40.5 Å².